The number of rotatable bonds is 5. The fraction of sp³-hybridized carbons (Fsp3) is 0.474. The number of aliphatic hydroxyl groups excluding tert-OH is 1. The molecule has 1 aromatic carbocycles. The summed E-state index contributed by atoms with van der Waals surface area (Å²) >= 11 is 0. The Labute approximate surface area is 149 Å². The van der Waals surface area contributed by atoms with Crippen molar-refractivity contribution in [3.05, 3.63) is 47.7 Å². The van der Waals surface area contributed by atoms with Crippen LogP contribution in [0.25, 0.3) is 0 Å². The molecular weight excluding hydrogens is 316 g/mol. The van der Waals surface area contributed by atoms with Gasteiger partial charge in [-0.15, -0.1) is 0 Å². The van der Waals surface area contributed by atoms with Crippen LogP contribution in [0.1, 0.15) is 45.9 Å². The fourth-order valence-corrected chi connectivity index (χ4v) is 2.26. The molecule has 0 bridgehead atoms. The van der Waals surface area contributed by atoms with Crippen LogP contribution < -0.4 is 10.6 Å². The summed E-state index contributed by atoms with van der Waals surface area (Å²) in [6.07, 6.45) is 0. The number of nitrogens with one attached hydrogen (secondary N) is 2. The predicted octanol–water partition coefficient (Wildman–Crippen LogP) is 3.12. The Kier molecular flexibility index (Phi) is 5.52. The first-order chi connectivity index (χ1) is 11.6. The van der Waals surface area contributed by atoms with Gasteiger partial charge in [0.15, 0.2) is 0 Å². The Morgan fingerprint density at radius 2 is 1.80 bits per heavy atom. The second kappa shape index (κ2) is 7.27. The van der Waals surface area contributed by atoms with Crippen molar-refractivity contribution >= 4 is 11.8 Å². The second-order valence-corrected chi connectivity index (χ2v) is 7.93. The van der Waals surface area contributed by atoms with E-state index in [2.05, 4.69) is 36.5 Å². The molecule has 0 fully saturated rings. The summed E-state index contributed by atoms with van der Waals surface area (Å²) in [7, 11) is 0. The molecule has 6 heteroatoms. The Morgan fingerprint density at radius 1 is 1.16 bits per heavy atom. The smallest absolute Gasteiger partial charge is 0.320 e. The SMILES string of the molecule is CC(C)(CO)NC(=O)Nc1cc(C(C)(C)C)nn1Cc1ccccc1. The van der Waals surface area contributed by atoms with Gasteiger partial charge in [-0.2, -0.15) is 5.10 Å². The van der Waals surface area contributed by atoms with E-state index in [0.29, 0.717) is 12.4 Å². The third kappa shape index (κ3) is 5.32. The van der Waals surface area contributed by atoms with Gasteiger partial charge in [-0.05, 0) is 19.4 Å². The molecule has 0 saturated carbocycles. The van der Waals surface area contributed by atoms with Gasteiger partial charge in [0.1, 0.15) is 5.82 Å². The highest BCUT2D eigenvalue weighted by Crippen LogP contribution is 2.24. The van der Waals surface area contributed by atoms with Crippen LogP contribution in [0.15, 0.2) is 36.4 Å². The number of anilines is 1. The highest BCUT2D eigenvalue weighted by molar-refractivity contribution is 5.89. The van der Waals surface area contributed by atoms with Crippen molar-refractivity contribution in [3.8, 4) is 0 Å². The molecule has 2 rings (SSSR count). The number of aliphatic hydroxyl groups is 1. The lowest BCUT2D eigenvalue weighted by Crippen LogP contribution is -2.48. The second-order valence-electron chi connectivity index (χ2n) is 7.93. The van der Waals surface area contributed by atoms with Crippen LogP contribution in [-0.2, 0) is 12.0 Å². The van der Waals surface area contributed by atoms with E-state index < -0.39 is 5.54 Å². The Hall–Kier alpha value is -2.34. The summed E-state index contributed by atoms with van der Waals surface area (Å²) in [6.45, 7) is 10.2. The van der Waals surface area contributed by atoms with Crippen LogP contribution >= 0.6 is 0 Å². The Balaban J connectivity index is 2.25. The van der Waals surface area contributed by atoms with E-state index in [4.69, 9.17) is 0 Å². The number of amides is 2. The van der Waals surface area contributed by atoms with E-state index >= 15 is 0 Å². The number of hydrogen-bond acceptors (Lipinski definition) is 3. The highest BCUT2D eigenvalue weighted by atomic mass is 16.3. The average molecular weight is 344 g/mol. The number of carbonyl (C=O) groups excluding carboxylic acids is 1. The number of urea groups is 1. The average Bonchev–Trinajstić information content (AvgIpc) is 2.90. The zero-order chi connectivity index (χ0) is 18.7. The molecule has 2 amide bonds. The predicted molar refractivity (Wildman–Crippen MR) is 99.8 cm³/mol. The van der Waals surface area contributed by atoms with Crippen molar-refractivity contribution in [2.75, 3.05) is 11.9 Å². The molecule has 1 heterocycles. The largest absolute Gasteiger partial charge is 0.394 e. The molecule has 3 N–H and O–H groups in total. The summed E-state index contributed by atoms with van der Waals surface area (Å²) in [5.41, 5.74) is 1.19. The zero-order valence-corrected chi connectivity index (χ0v) is 15.6. The van der Waals surface area contributed by atoms with Gasteiger partial charge >= 0.3 is 6.03 Å². The van der Waals surface area contributed by atoms with Gasteiger partial charge < -0.3 is 10.4 Å². The van der Waals surface area contributed by atoms with E-state index in [0.717, 1.165) is 11.3 Å². The van der Waals surface area contributed by atoms with E-state index in [-0.39, 0.29) is 18.1 Å². The molecule has 0 aliphatic rings. The Morgan fingerprint density at radius 3 is 2.36 bits per heavy atom. The molecule has 0 spiro atoms. The maximum Gasteiger partial charge on any atom is 0.320 e. The normalized spacial score (nSPS) is 12.1. The fourth-order valence-electron chi connectivity index (χ4n) is 2.26. The molecular formula is C19H28N4O2. The molecule has 6 nitrogen and oxygen atoms in total. The lowest BCUT2D eigenvalue weighted by Gasteiger charge is -2.23. The topological polar surface area (TPSA) is 79.2 Å². The summed E-state index contributed by atoms with van der Waals surface area (Å²) in [5.74, 6) is 0.625. The third-order valence-electron chi connectivity index (χ3n) is 3.81. The molecule has 2 aromatic rings. The number of carbonyl (C=O) groups is 1. The summed E-state index contributed by atoms with van der Waals surface area (Å²) in [6, 6.07) is 11.5. The first-order valence-electron chi connectivity index (χ1n) is 8.43. The van der Waals surface area contributed by atoms with Crippen LogP contribution in [0.4, 0.5) is 10.6 Å². The summed E-state index contributed by atoms with van der Waals surface area (Å²) in [4.78, 5) is 12.3. The van der Waals surface area contributed by atoms with Crippen LogP contribution in [0.3, 0.4) is 0 Å². The van der Waals surface area contributed by atoms with Crippen LogP contribution in [0.2, 0.25) is 0 Å². The highest BCUT2D eigenvalue weighted by Gasteiger charge is 2.23. The minimum Gasteiger partial charge on any atom is -0.394 e. The number of nitrogens with zero attached hydrogens (tertiary/aromatic N) is 2. The van der Waals surface area contributed by atoms with Gasteiger partial charge in [0.25, 0.3) is 0 Å². The third-order valence-corrected chi connectivity index (χ3v) is 3.81. The minimum atomic E-state index is -0.693. The maximum absolute atomic E-state index is 12.3. The maximum atomic E-state index is 12.3. The lowest BCUT2D eigenvalue weighted by atomic mass is 9.92. The number of hydrogen-bond donors (Lipinski definition) is 3. The van der Waals surface area contributed by atoms with Crippen LogP contribution in [0, 0.1) is 0 Å². The van der Waals surface area contributed by atoms with Gasteiger partial charge in [0, 0.05) is 11.5 Å². The molecule has 1 aromatic heterocycles. The molecule has 0 radical (unpaired) electrons. The standard InChI is InChI=1S/C19H28N4O2/c1-18(2,3)15-11-16(20-17(25)21-19(4,5)13-24)23(22-15)12-14-9-7-6-8-10-14/h6-11,24H,12-13H2,1-5H3,(H2,20,21,25). The molecule has 136 valence electrons. The van der Waals surface area contributed by atoms with E-state index in [1.165, 1.54) is 0 Å². The van der Waals surface area contributed by atoms with Crippen molar-refractivity contribution in [1.82, 2.24) is 15.1 Å². The van der Waals surface area contributed by atoms with Crippen molar-refractivity contribution in [1.29, 1.82) is 0 Å². The van der Waals surface area contributed by atoms with Gasteiger partial charge in [-0.1, -0.05) is 51.1 Å². The first-order valence-corrected chi connectivity index (χ1v) is 8.43. The summed E-state index contributed by atoms with van der Waals surface area (Å²) < 4.78 is 1.79. The number of benzene rings is 1. The van der Waals surface area contributed by atoms with Crippen molar-refractivity contribution in [2.45, 2.75) is 52.1 Å². The quantitative estimate of drug-likeness (QED) is 0.780. The van der Waals surface area contributed by atoms with E-state index in [1.54, 1.807) is 18.5 Å². The van der Waals surface area contributed by atoms with Crippen molar-refractivity contribution < 1.29 is 9.90 Å². The molecule has 0 aliphatic carbocycles. The summed E-state index contributed by atoms with van der Waals surface area (Å²) in [5, 5.41) is 19.6. The molecule has 0 saturated heterocycles. The molecule has 0 atom stereocenters. The van der Waals surface area contributed by atoms with Crippen molar-refractivity contribution in [3.63, 3.8) is 0 Å². The monoisotopic (exact) mass is 344 g/mol. The first kappa shape index (κ1) is 19.0. The van der Waals surface area contributed by atoms with Gasteiger partial charge in [0.05, 0.1) is 24.4 Å². The van der Waals surface area contributed by atoms with Gasteiger partial charge in [-0.3, -0.25) is 5.32 Å². The molecule has 0 aliphatic heterocycles. The van der Waals surface area contributed by atoms with Crippen LogP contribution in [0.5, 0.6) is 0 Å². The lowest BCUT2D eigenvalue weighted by molar-refractivity contribution is 0.187. The molecule has 25 heavy (non-hydrogen) atoms. The minimum absolute atomic E-state index is 0.126. The number of aromatic nitrogens is 2. The molecule has 0 unspecified atom stereocenters. The van der Waals surface area contributed by atoms with E-state index in [9.17, 15) is 9.90 Å². The Bertz CT molecular complexity index is 715. The van der Waals surface area contributed by atoms with E-state index in [1.807, 2.05) is 36.4 Å². The zero-order valence-electron chi connectivity index (χ0n) is 15.6. The van der Waals surface area contributed by atoms with Gasteiger partial charge in [0.2, 0.25) is 0 Å². The van der Waals surface area contributed by atoms with Crippen molar-refractivity contribution in [2.24, 2.45) is 0 Å². The van der Waals surface area contributed by atoms with Crippen LogP contribution in [-0.4, -0.2) is 33.1 Å². The van der Waals surface area contributed by atoms with Gasteiger partial charge in [-0.25, -0.2) is 9.48 Å².